The lowest BCUT2D eigenvalue weighted by Gasteiger charge is -2.37. The highest BCUT2D eigenvalue weighted by Crippen LogP contribution is 2.33. The molecule has 37 heavy (non-hydrogen) atoms. The number of unbranched alkanes of at least 4 members (excludes halogenated alkanes) is 5. The smallest absolute Gasteiger partial charge is 0.0970 e. The van der Waals surface area contributed by atoms with Gasteiger partial charge < -0.3 is 0 Å². The Labute approximate surface area is 236 Å². The fourth-order valence-electron chi connectivity index (χ4n) is 6.06. The summed E-state index contributed by atoms with van der Waals surface area (Å²) in [5, 5.41) is 1.36. The van der Waals surface area contributed by atoms with E-state index in [-0.39, 0.29) is 21.7 Å². The Balaban J connectivity index is 2.91. The second-order valence-electron chi connectivity index (χ2n) is 15.6. The molecule has 0 atom stereocenters. The molecule has 0 amide bonds. The molecule has 2 rings (SSSR count). The molecule has 0 fully saturated rings. The lowest BCUT2D eigenvalue weighted by Crippen LogP contribution is -2.53. The van der Waals surface area contributed by atoms with Gasteiger partial charge in [0.15, 0.2) is 0 Å². The van der Waals surface area contributed by atoms with E-state index in [2.05, 4.69) is 126 Å². The highest BCUT2D eigenvalue weighted by molar-refractivity contribution is 6.86. The maximum atomic E-state index is 2.46. The summed E-state index contributed by atoms with van der Waals surface area (Å²) >= 11 is -1.57. The summed E-state index contributed by atoms with van der Waals surface area (Å²) in [6, 6.07) is 14.5. The highest BCUT2D eigenvalue weighted by Gasteiger charge is 2.38. The second kappa shape index (κ2) is 12.4. The summed E-state index contributed by atoms with van der Waals surface area (Å²) in [4.78, 5) is 0. The van der Waals surface area contributed by atoms with Crippen molar-refractivity contribution in [1.82, 2.24) is 0 Å². The van der Waals surface area contributed by atoms with Gasteiger partial charge in [-0.3, -0.25) is 0 Å². The normalized spacial score (nSPS) is 13.2. The van der Waals surface area contributed by atoms with Gasteiger partial charge in [-0.2, -0.15) is 0 Å². The minimum atomic E-state index is -1.57. The van der Waals surface area contributed by atoms with Gasteiger partial charge in [0.05, 0.1) is 0 Å². The molecule has 0 nitrogen and oxygen atoms in total. The monoisotopic (exact) mass is 518 g/mol. The van der Waals surface area contributed by atoms with Crippen molar-refractivity contribution < 1.29 is 0 Å². The molecule has 0 spiro atoms. The lowest BCUT2D eigenvalue weighted by molar-refractivity contribution is 0.572. The summed E-state index contributed by atoms with van der Waals surface area (Å²) in [6.07, 6.45) is 8.19. The van der Waals surface area contributed by atoms with Crippen molar-refractivity contribution in [3.05, 3.63) is 58.7 Å². The molecule has 0 radical (unpaired) electrons. The van der Waals surface area contributed by atoms with Crippen LogP contribution in [0.15, 0.2) is 36.4 Å². The molecule has 0 heterocycles. The van der Waals surface area contributed by atoms with Gasteiger partial charge in [-0.15, -0.1) is 0 Å². The molecule has 2 aromatic rings. The largest absolute Gasteiger partial charge is 0.347 e. The molecule has 0 N–H and O–H groups in total. The van der Waals surface area contributed by atoms with E-state index in [1.165, 1.54) is 43.8 Å². The minimum absolute atomic E-state index is 0.127. The van der Waals surface area contributed by atoms with Crippen LogP contribution in [0.1, 0.15) is 151 Å². The third-order valence-corrected chi connectivity index (χ3v) is 11.6. The maximum Gasteiger partial charge on any atom is 0.347 e. The van der Waals surface area contributed by atoms with Crippen molar-refractivity contribution in [2.75, 3.05) is 0 Å². The first-order valence-electron chi connectivity index (χ1n) is 15.2. The van der Waals surface area contributed by atoms with Crippen LogP contribution in [-0.2, 0) is 21.7 Å². The van der Waals surface area contributed by atoms with E-state index in [0.717, 1.165) is 0 Å². The zero-order chi connectivity index (χ0) is 28.2. The number of rotatable bonds is 9. The molecule has 206 valence electrons. The summed E-state index contributed by atoms with van der Waals surface area (Å²) in [7, 11) is 0. The summed E-state index contributed by atoms with van der Waals surface area (Å²) in [5.74, 6) is 0. The lowest BCUT2D eigenvalue weighted by atomic mass is 9.80. The van der Waals surface area contributed by atoms with E-state index in [1.54, 1.807) is 31.1 Å². The van der Waals surface area contributed by atoms with Crippen molar-refractivity contribution in [1.29, 1.82) is 0 Å². The van der Waals surface area contributed by atoms with Gasteiger partial charge in [-0.05, 0) is 21.7 Å². The molecule has 0 saturated carbocycles. The second-order valence-corrected chi connectivity index (χ2v) is 18.5. The Hall–Kier alpha value is -1.03. The van der Waals surface area contributed by atoms with Crippen molar-refractivity contribution in [3.8, 4) is 0 Å². The van der Waals surface area contributed by atoms with E-state index in [1.807, 2.05) is 0 Å². The number of hydrogen-bond donors (Lipinski definition) is 0. The Morgan fingerprint density at radius 3 is 1.05 bits per heavy atom. The Morgan fingerprint density at radius 1 is 0.459 bits per heavy atom. The van der Waals surface area contributed by atoms with Gasteiger partial charge in [0.2, 0.25) is 0 Å². The molecule has 0 saturated heterocycles. The fourth-order valence-corrected chi connectivity index (χ4v) is 11.2. The van der Waals surface area contributed by atoms with Crippen LogP contribution in [0, 0.1) is 0 Å². The molecule has 0 aromatic heterocycles. The Bertz CT molecular complexity index is 859. The molecular weight excluding hydrogens is 459 g/mol. The highest BCUT2D eigenvalue weighted by atomic mass is 27.2. The van der Waals surface area contributed by atoms with Crippen LogP contribution >= 0.6 is 0 Å². The van der Waals surface area contributed by atoms with Crippen LogP contribution in [0.25, 0.3) is 0 Å². The van der Waals surface area contributed by atoms with Crippen molar-refractivity contribution in [2.24, 2.45) is 0 Å². The van der Waals surface area contributed by atoms with E-state index < -0.39 is 14.1 Å². The van der Waals surface area contributed by atoms with Gasteiger partial charge in [-0.25, -0.2) is 0 Å². The zero-order valence-electron chi connectivity index (χ0n) is 27.0. The van der Waals surface area contributed by atoms with E-state index >= 15 is 0 Å². The fraction of sp³-hybridized carbons (Fsp3) is 0.667. The Morgan fingerprint density at radius 2 is 0.757 bits per heavy atom. The average Bonchev–Trinajstić information content (AvgIpc) is 2.75. The van der Waals surface area contributed by atoms with Crippen molar-refractivity contribution >= 4 is 23.0 Å². The maximum absolute atomic E-state index is 2.46. The van der Waals surface area contributed by atoms with Gasteiger partial charge in [0.1, 0.15) is 0 Å². The van der Waals surface area contributed by atoms with Gasteiger partial charge >= 0.3 is 14.1 Å². The van der Waals surface area contributed by atoms with Gasteiger partial charge in [0, 0.05) is 0 Å². The van der Waals surface area contributed by atoms with Crippen LogP contribution in [0.3, 0.4) is 0 Å². The minimum Gasteiger partial charge on any atom is -0.0970 e. The summed E-state index contributed by atoms with van der Waals surface area (Å²) < 4.78 is 3.50. The standard InChI is InChI=1S/2C14H21.C8H17.Al/c2*1-13(2,3)11-8-7-9-12(10-11)14(4,5)6;1-3-5-7-8-6-4-2;/h2*7-9H,1-6H3;1,3-8H2,2H3;. The molecule has 0 aliphatic carbocycles. The molecule has 2 aromatic carbocycles. The quantitative estimate of drug-likeness (QED) is 0.229. The summed E-state index contributed by atoms with van der Waals surface area (Å²) in [5.41, 5.74) is 6.86. The molecule has 0 unspecified atom stereocenters. The predicted molar refractivity (Wildman–Crippen MR) is 171 cm³/mol. The van der Waals surface area contributed by atoms with E-state index in [0.29, 0.717) is 0 Å². The molecule has 0 aliphatic rings. The SMILES string of the molecule is CCCCCCC[CH2][Al]([c]1c(C(C)(C)C)cccc1C(C)(C)C)[c]1c(C(C)(C)C)cccc1C(C)(C)C. The van der Waals surface area contributed by atoms with Crippen molar-refractivity contribution in [3.63, 3.8) is 0 Å². The average molecular weight is 519 g/mol. The van der Waals surface area contributed by atoms with Crippen LogP contribution in [0.5, 0.6) is 0 Å². The van der Waals surface area contributed by atoms with E-state index in [9.17, 15) is 0 Å². The third-order valence-electron chi connectivity index (χ3n) is 7.99. The van der Waals surface area contributed by atoms with Gasteiger partial charge in [-0.1, -0.05) is 201 Å². The van der Waals surface area contributed by atoms with Crippen molar-refractivity contribution in [2.45, 2.75) is 155 Å². The van der Waals surface area contributed by atoms with E-state index in [4.69, 9.17) is 0 Å². The van der Waals surface area contributed by atoms with Crippen LogP contribution in [0.2, 0.25) is 5.28 Å². The third kappa shape index (κ3) is 8.48. The summed E-state index contributed by atoms with van der Waals surface area (Å²) in [6.45, 7) is 31.4. The molecular formula is C36H59Al. The first kappa shape index (κ1) is 32.2. The molecule has 0 bridgehead atoms. The van der Waals surface area contributed by atoms with Gasteiger partial charge in [0.25, 0.3) is 0 Å². The molecule has 1 heteroatoms. The topological polar surface area (TPSA) is 0 Å². The number of hydrogen-bond acceptors (Lipinski definition) is 0. The number of benzene rings is 2. The van der Waals surface area contributed by atoms with Crippen LogP contribution < -0.4 is 8.85 Å². The Kier molecular flexibility index (Phi) is 10.8. The van der Waals surface area contributed by atoms with Crippen LogP contribution in [-0.4, -0.2) is 14.1 Å². The predicted octanol–water partition coefficient (Wildman–Crippen LogP) is 9.85. The zero-order valence-corrected chi connectivity index (χ0v) is 28.1. The first-order valence-corrected chi connectivity index (χ1v) is 17.2. The molecule has 0 aliphatic heterocycles. The van der Waals surface area contributed by atoms with Crippen LogP contribution in [0.4, 0.5) is 0 Å². The first-order chi connectivity index (χ1) is 16.9.